The second-order valence-corrected chi connectivity index (χ2v) is 6.66. The normalized spacial score (nSPS) is 12.6. The molecule has 0 aromatic heterocycles. The lowest BCUT2D eigenvalue weighted by Gasteiger charge is -2.16. The average Bonchev–Trinajstić information content (AvgIpc) is 3.02. The molecule has 31 heavy (non-hydrogen) atoms. The van der Waals surface area contributed by atoms with Gasteiger partial charge in [-0.15, -0.1) is 0 Å². The van der Waals surface area contributed by atoms with Crippen molar-refractivity contribution in [2.45, 2.75) is 0 Å². The van der Waals surface area contributed by atoms with Gasteiger partial charge < -0.3 is 5.11 Å². The number of aromatic carboxylic acids is 1. The summed E-state index contributed by atoms with van der Waals surface area (Å²) in [5.41, 5.74) is -0.136. The van der Waals surface area contributed by atoms with Crippen molar-refractivity contribution in [2.75, 3.05) is 4.90 Å². The fourth-order valence-electron chi connectivity index (χ4n) is 3.35. The summed E-state index contributed by atoms with van der Waals surface area (Å²) in [6.07, 6.45) is 0. The molecule has 0 saturated heterocycles. The number of carboxylic acid groups (broad SMARTS) is 1. The molecule has 152 valence electrons. The number of nitro groups is 1. The number of carboxylic acids is 1. The molecule has 3 aromatic rings. The second-order valence-electron chi connectivity index (χ2n) is 6.66. The molecular formula is C22H12N2O7. The van der Waals surface area contributed by atoms with Crippen LogP contribution in [0.1, 0.15) is 47.0 Å². The Labute approximate surface area is 174 Å². The van der Waals surface area contributed by atoms with Crippen molar-refractivity contribution in [1.82, 2.24) is 0 Å². The molecule has 1 N–H and O–H groups in total. The monoisotopic (exact) mass is 416 g/mol. The number of para-hydroxylation sites is 1. The minimum Gasteiger partial charge on any atom is -0.478 e. The molecule has 1 aliphatic heterocycles. The van der Waals surface area contributed by atoms with E-state index in [0.29, 0.717) is 0 Å². The molecule has 9 nitrogen and oxygen atoms in total. The molecule has 0 radical (unpaired) electrons. The third-order valence-corrected chi connectivity index (χ3v) is 4.86. The summed E-state index contributed by atoms with van der Waals surface area (Å²) in [7, 11) is 0. The van der Waals surface area contributed by atoms with E-state index in [1.807, 2.05) is 0 Å². The number of non-ortho nitro benzene ring substituents is 1. The molecule has 3 aromatic carbocycles. The van der Waals surface area contributed by atoms with E-state index in [9.17, 15) is 34.4 Å². The van der Waals surface area contributed by atoms with Crippen molar-refractivity contribution in [1.29, 1.82) is 0 Å². The molecule has 0 aliphatic carbocycles. The number of amides is 2. The first-order chi connectivity index (χ1) is 14.8. The lowest BCUT2D eigenvalue weighted by atomic mass is 9.99. The molecule has 0 bridgehead atoms. The van der Waals surface area contributed by atoms with Crippen LogP contribution in [0.5, 0.6) is 0 Å². The zero-order chi connectivity index (χ0) is 22.3. The van der Waals surface area contributed by atoms with E-state index in [1.54, 1.807) is 0 Å². The Morgan fingerprint density at radius 1 is 0.839 bits per heavy atom. The number of imide groups is 1. The highest BCUT2D eigenvalue weighted by atomic mass is 16.6. The zero-order valence-corrected chi connectivity index (χ0v) is 15.6. The molecule has 0 spiro atoms. The largest absolute Gasteiger partial charge is 0.478 e. The van der Waals surface area contributed by atoms with Gasteiger partial charge in [0.1, 0.15) is 0 Å². The SMILES string of the molecule is O=C(c1ccc([N+](=O)[O-])cc1)c1ccc2c(c1)C(=O)N(c1ccccc1C(=O)O)C2=O. The van der Waals surface area contributed by atoms with E-state index in [4.69, 9.17) is 0 Å². The van der Waals surface area contributed by atoms with Crippen LogP contribution in [0.4, 0.5) is 11.4 Å². The van der Waals surface area contributed by atoms with Crippen LogP contribution in [0.3, 0.4) is 0 Å². The predicted octanol–water partition coefficient (Wildman–Crippen LogP) is 3.32. The molecule has 4 rings (SSSR count). The molecule has 0 unspecified atom stereocenters. The summed E-state index contributed by atoms with van der Waals surface area (Å²) in [5, 5.41) is 20.1. The van der Waals surface area contributed by atoms with Gasteiger partial charge >= 0.3 is 5.97 Å². The number of hydrogen-bond acceptors (Lipinski definition) is 6. The van der Waals surface area contributed by atoms with Crippen molar-refractivity contribution in [3.8, 4) is 0 Å². The minimum atomic E-state index is -1.29. The maximum absolute atomic E-state index is 12.9. The van der Waals surface area contributed by atoms with Crippen LogP contribution in [-0.4, -0.2) is 33.6 Å². The standard InChI is InChI=1S/C22H12N2O7/c25-19(12-5-8-14(9-6-12)24(30)31)13-7-10-15-17(11-13)21(27)23(20(15)26)18-4-2-1-3-16(18)22(28)29/h1-11H,(H,28,29). The number of carbonyl (C=O) groups is 4. The fraction of sp³-hybridized carbons (Fsp3) is 0. The van der Waals surface area contributed by atoms with Gasteiger partial charge in [0.25, 0.3) is 17.5 Å². The molecule has 0 atom stereocenters. The van der Waals surface area contributed by atoms with Crippen molar-refractivity contribution in [3.05, 3.63) is 105 Å². The maximum atomic E-state index is 12.9. The summed E-state index contributed by atoms with van der Waals surface area (Å²) < 4.78 is 0. The summed E-state index contributed by atoms with van der Waals surface area (Å²) in [6, 6.07) is 14.6. The van der Waals surface area contributed by atoms with Crippen LogP contribution in [0.25, 0.3) is 0 Å². The number of benzene rings is 3. The third-order valence-electron chi connectivity index (χ3n) is 4.86. The number of fused-ring (bicyclic) bond motifs is 1. The molecule has 2 amide bonds. The Balaban J connectivity index is 1.71. The summed E-state index contributed by atoms with van der Waals surface area (Å²) >= 11 is 0. The molecule has 1 heterocycles. The topological polar surface area (TPSA) is 135 Å². The number of carbonyl (C=O) groups excluding carboxylic acids is 3. The van der Waals surface area contributed by atoms with Gasteiger partial charge in [0.15, 0.2) is 5.78 Å². The van der Waals surface area contributed by atoms with Gasteiger partial charge in [-0.25, -0.2) is 9.69 Å². The molecule has 0 saturated carbocycles. The first-order valence-electron chi connectivity index (χ1n) is 8.94. The van der Waals surface area contributed by atoms with Gasteiger partial charge in [0, 0.05) is 23.3 Å². The zero-order valence-electron chi connectivity index (χ0n) is 15.6. The number of nitrogens with zero attached hydrogens (tertiary/aromatic N) is 2. The second kappa shape index (κ2) is 7.30. The number of hydrogen-bond donors (Lipinski definition) is 1. The highest BCUT2D eigenvalue weighted by molar-refractivity contribution is 6.35. The predicted molar refractivity (Wildman–Crippen MR) is 108 cm³/mol. The number of rotatable bonds is 5. The lowest BCUT2D eigenvalue weighted by Crippen LogP contribution is -2.30. The Bertz CT molecular complexity index is 1300. The smallest absolute Gasteiger partial charge is 0.337 e. The Kier molecular flexibility index (Phi) is 4.63. The number of ketones is 1. The Morgan fingerprint density at radius 3 is 2.10 bits per heavy atom. The van der Waals surface area contributed by atoms with Crippen LogP contribution < -0.4 is 4.90 Å². The van der Waals surface area contributed by atoms with Gasteiger partial charge in [-0.2, -0.15) is 0 Å². The molecular weight excluding hydrogens is 404 g/mol. The first-order valence-corrected chi connectivity index (χ1v) is 8.94. The Hall–Kier alpha value is -4.66. The van der Waals surface area contributed by atoms with Gasteiger partial charge in [-0.1, -0.05) is 18.2 Å². The van der Waals surface area contributed by atoms with Crippen molar-refractivity contribution < 1.29 is 29.2 Å². The van der Waals surface area contributed by atoms with Gasteiger partial charge in [0.05, 0.1) is 27.3 Å². The highest BCUT2D eigenvalue weighted by Crippen LogP contribution is 2.32. The third kappa shape index (κ3) is 3.23. The molecule has 9 heteroatoms. The average molecular weight is 416 g/mol. The van der Waals surface area contributed by atoms with Crippen LogP contribution >= 0.6 is 0 Å². The van der Waals surface area contributed by atoms with E-state index in [-0.39, 0.29) is 39.2 Å². The van der Waals surface area contributed by atoms with E-state index in [0.717, 1.165) is 4.90 Å². The number of anilines is 1. The van der Waals surface area contributed by atoms with E-state index in [1.165, 1.54) is 66.7 Å². The quantitative estimate of drug-likeness (QED) is 0.292. The fourth-order valence-corrected chi connectivity index (χ4v) is 3.35. The van der Waals surface area contributed by atoms with Crippen LogP contribution in [0, 0.1) is 10.1 Å². The summed E-state index contributed by atoms with van der Waals surface area (Å²) in [4.78, 5) is 60.9. The maximum Gasteiger partial charge on any atom is 0.337 e. The molecule has 0 fully saturated rings. The Morgan fingerprint density at radius 2 is 1.45 bits per heavy atom. The van der Waals surface area contributed by atoms with Crippen molar-refractivity contribution >= 4 is 34.9 Å². The van der Waals surface area contributed by atoms with Crippen LogP contribution in [0.15, 0.2) is 66.7 Å². The van der Waals surface area contributed by atoms with E-state index < -0.39 is 28.5 Å². The van der Waals surface area contributed by atoms with Gasteiger partial charge in [-0.05, 0) is 36.4 Å². The van der Waals surface area contributed by atoms with E-state index >= 15 is 0 Å². The number of nitro benzene ring substituents is 1. The van der Waals surface area contributed by atoms with Crippen molar-refractivity contribution in [3.63, 3.8) is 0 Å². The lowest BCUT2D eigenvalue weighted by molar-refractivity contribution is -0.384. The first kappa shape index (κ1) is 19.6. The van der Waals surface area contributed by atoms with Crippen LogP contribution in [-0.2, 0) is 0 Å². The summed E-state index contributed by atoms with van der Waals surface area (Å²) in [5.74, 6) is -3.21. The molecule has 1 aliphatic rings. The summed E-state index contributed by atoms with van der Waals surface area (Å²) in [6.45, 7) is 0. The van der Waals surface area contributed by atoms with Crippen molar-refractivity contribution in [2.24, 2.45) is 0 Å². The highest BCUT2D eigenvalue weighted by Gasteiger charge is 2.38. The van der Waals surface area contributed by atoms with Gasteiger partial charge in [-0.3, -0.25) is 24.5 Å². The van der Waals surface area contributed by atoms with Crippen LogP contribution in [0.2, 0.25) is 0 Å². The minimum absolute atomic E-state index is 0.0297. The van der Waals surface area contributed by atoms with Gasteiger partial charge in [0.2, 0.25) is 0 Å². The van der Waals surface area contributed by atoms with E-state index in [2.05, 4.69) is 0 Å².